The summed E-state index contributed by atoms with van der Waals surface area (Å²) in [7, 11) is 0. The van der Waals surface area contributed by atoms with Gasteiger partial charge in [-0.15, -0.1) is 0 Å². The minimum Gasteiger partial charge on any atom is -0.481 e. The summed E-state index contributed by atoms with van der Waals surface area (Å²) in [5.41, 5.74) is 0.0478. The number of aliphatic carboxylic acids is 1. The second kappa shape index (κ2) is 6.40. The van der Waals surface area contributed by atoms with Gasteiger partial charge in [0.1, 0.15) is 5.92 Å². The van der Waals surface area contributed by atoms with E-state index < -0.39 is 11.9 Å². The zero-order valence-electron chi connectivity index (χ0n) is 12.5. The van der Waals surface area contributed by atoms with Crippen LogP contribution in [0.2, 0.25) is 0 Å². The Hall–Kier alpha value is -1.06. The molecule has 1 fully saturated rings. The van der Waals surface area contributed by atoms with Crippen LogP contribution in [0.3, 0.4) is 0 Å². The van der Waals surface area contributed by atoms with E-state index >= 15 is 0 Å². The molecule has 0 aromatic heterocycles. The predicted molar refractivity (Wildman–Crippen MR) is 74.7 cm³/mol. The zero-order chi connectivity index (χ0) is 14.6. The predicted octanol–water partition coefficient (Wildman–Crippen LogP) is 2.68. The molecule has 0 radical (unpaired) electrons. The molecule has 0 heterocycles. The Bertz CT molecular complexity index is 330. The van der Waals surface area contributed by atoms with Crippen LogP contribution in [0.25, 0.3) is 0 Å². The third kappa shape index (κ3) is 4.22. The highest BCUT2D eigenvalue weighted by Gasteiger charge is 2.34. The maximum atomic E-state index is 12.0. The number of carboxylic acids is 1. The number of rotatable bonds is 6. The fraction of sp³-hybridized carbons (Fsp3) is 0.867. The summed E-state index contributed by atoms with van der Waals surface area (Å²) in [5, 5.41) is 11.9. The van der Waals surface area contributed by atoms with E-state index in [2.05, 4.69) is 19.2 Å². The normalized spacial score (nSPS) is 18.6. The highest BCUT2D eigenvalue weighted by atomic mass is 16.4. The Morgan fingerprint density at radius 2 is 1.79 bits per heavy atom. The molecular weight excluding hydrogens is 242 g/mol. The molecule has 0 spiro atoms. The minimum atomic E-state index is -1.04. The van der Waals surface area contributed by atoms with E-state index in [1.165, 1.54) is 25.7 Å². The van der Waals surface area contributed by atoms with Gasteiger partial charge in [-0.25, -0.2) is 0 Å². The highest BCUT2D eigenvalue weighted by molar-refractivity contribution is 5.97. The second-order valence-electron chi connectivity index (χ2n) is 6.75. The van der Waals surface area contributed by atoms with Crippen LogP contribution in [0.5, 0.6) is 0 Å². The van der Waals surface area contributed by atoms with E-state index in [9.17, 15) is 9.59 Å². The first-order valence-electron chi connectivity index (χ1n) is 7.26. The minimum absolute atomic E-state index is 0.0478. The summed E-state index contributed by atoms with van der Waals surface area (Å²) in [4.78, 5) is 23.1. The average Bonchev–Trinajstić information content (AvgIpc) is 2.79. The Kier molecular flexibility index (Phi) is 5.39. The van der Waals surface area contributed by atoms with Gasteiger partial charge < -0.3 is 10.4 Å². The van der Waals surface area contributed by atoms with E-state index in [0.717, 1.165) is 0 Å². The third-order valence-corrected chi connectivity index (χ3v) is 4.39. The SMILES string of the molecule is CC(C)C(C(=O)O)C(=O)NCC(C)(C)C1CCCC1. The lowest BCUT2D eigenvalue weighted by Crippen LogP contribution is -2.44. The molecule has 0 bridgehead atoms. The van der Waals surface area contributed by atoms with E-state index in [0.29, 0.717) is 12.5 Å². The lowest BCUT2D eigenvalue weighted by Gasteiger charge is -2.32. The van der Waals surface area contributed by atoms with Gasteiger partial charge in [-0.3, -0.25) is 9.59 Å². The topological polar surface area (TPSA) is 66.4 Å². The molecule has 110 valence electrons. The lowest BCUT2D eigenvalue weighted by molar-refractivity contribution is -0.149. The summed E-state index contributed by atoms with van der Waals surface area (Å²) < 4.78 is 0. The average molecular weight is 269 g/mol. The summed E-state index contributed by atoms with van der Waals surface area (Å²) in [6.45, 7) is 8.41. The van der Waals surface area contributed by atoms with Crippen LogP contribution in [-0.2, 0) is 9.59 Å². The maximum Gasteiger partial charge on any atom is 0.316 e. The van der Waals surface area contributed by atoms with E-state index in [-0.39, 0.29) is 17.2 Å². The number of nitrogens with one attached hydrogen (secondary N) is 1. The molecule has 1 amide bonds. The van der Waals surface area contributed by atoms with Gasteiger partial charge in [0.25, 0.3) is 0 Å². The maximum absolute atomic E-state index is 12.0. The van der Waals surface area contributed by atoms with Crippen molar-refractivity contribution in [2.24, 2.45) is 23.2 Å². The fourth-order valence-electron chi connectivity index (χ4n) is 2.98. The van der Waals surface area contributed by atoms with Gasteiger partial charge in [0.15, 0.2) is 0 Å². The van der Waals surface area contributed by atoms with E-state index in [1.54, 1.807) is 13.8 Å². The molecule has 0 aliphatic heterocycles. The van der Waals surface area contributed by atoms with Gasteiger partial charge in [-0.2, -0.15) is 0 Å². The molecular formula is C15H27NO3. The Morgan fingerprint density at radius 1 is 1.26 bits per heavy atom. The smallest absolute Gasteiger partial charge is 0.316 e. The van der Waals surface area contributed by atoms with Gasteiger partial charge in [-0.1, -0.05) is 40.5 Å². The molecule has 19 heavy (non-hydrogen) atoms. The molecule has 1 aliphatic rings. The van der Waals surface area contributed by atoms with E-state index in [1.807, 2.05) is 0 Å². The van der Waals surface area contributed by atoms with Gasteiger partial charge >= 0.3 is 5.97 Å². The van der Waals surface area contributed by atoms with E-state index in [4.69, 9.17) is 5.11 Å². The quantitative estimate of drug-likeness (QED) is 0.729. The van der Waals surface area contributed by atoms with Gasteiger partial charge in [0.05, 0.1) is 0 Å². The van der Waals surface area contributed by atoms with Gasteiger partial charge in [-0.05, 0) is 30.1 Å². The van der Waals surface area contributed by atoms with Crippen LogP contribution in [0, 0.1) is 23.2 Å². The van der Waals surface area contributed by atoms with Gasteiger partial charge in [0, 0.05) is 6.54 Å². The van der Waals surface area contributed by atoms with Crippen molar-refractivity contribution in [3.05, 3.63) is 0 Å². The fourth-order valence-corrected chi connectivity index (χ4v) is 2.98. The first-order chi connectivity index (χ1) is 8.75. The first kappa shape index (κ1) is 16.0. The van der Waals surface area contributed by atoms with Crippen LogP contribution < -0.4 is 5.32 Å². The summed E-state index contributed by atoms with van der Waals surface area (Å²) >= 11 is 0. The van der Waals surface area contributed by atoms with Crippen LogP contribution >= 0.6 is 0 Å². The molecule has 2 N–H and O–H groups in total. The van der Waals surface area contributed by atoms with Crippen molar-refractivity contribution in [1.82, 2.24) is 5.32 Å². The molecule has 4 heteroatoms. The zero-order valence-corrected chi connectivity index (χ0v) is 12.5. The van der Waals surface area contributed by atoms with Crippen molar-refractivity contribution in [2.45, 2.75) is 53.4 Å². The molecule has 4 nitrogen and oxygen atoms in total. The van der Waals surface area contributed by atoms with Crippen molar-refractivity contribution in [3.63, 3.8) is 0 Å². The van der Waals surface area contributed by atoms with Crippen molar-refractivity contribution in [1.29, 1.82) is 0 Å². The molecule has 1 rings (SSSR count). The highest BCUT2D eigenvalue weighted by Crippen LogP contribution is 2.39. The number of amides is 1. The van der Waals surface area contributed by atoms with Crippen LogP contribution in [0.4, 0.5) is 0 Å². The van der Waals surface area contributed by atoms with Crippen LogP contribution in [0.1, 0.15) is 53.4 Å². The van der Waals surface area contributed by atoms with Crippen LogP contribution in [-0.4, -0.2) is 23.5 Å². The Balaban J connectivity index is 2.54. The molecule has 1 atom stereocenters. The largest absolute Gasteiger partial charge is 0.481 e. The standard InChI is InChI=1S/C15H27NO3/c1-10(2)12(14(18)19)13(17)16-9-15(3,4)11-7-5-6-8-11/h10-12H,5-9H2,1-4H3,(H,16,17)(H,18,19). The van der Waals surface area contributed by atoms with Crippen molar-refractivity contribution < 1.29 is 14.7 Å². The van der Waals surface area contributed by atoms with Crippen molar-refractivity contribution in [2.75, 3.05) is 6.54 Å². The Labute approximate surface area is 116 Å². The summed E-state index contributed by atoms with van der Waals surface area (Å²) in [6, 6.07) is 0. The van der Waals surface area contributed by atoms with Crippen molar-refractivity contribution >= 4 is 11.9 Å². The molecule has 0 saturated heterocycles. The number of carbonyl (C=O) groups is 2. The molecule has 1 unspecified atom stereocenters. The van der Waals surface area contributed by atoms with Crippen molar-refractivity contribution in [3.8, 4) is 0 Å². The molecule has 1 aliphatic carbocycles. The first-order valence-corrected chi connectivity index (χ1v) is 7.26. The molecule has 0 aromatic carbocycles. The molecule has 0 aromatic rings. The molecule has 1 saturated carbocycles. The lowest BCUT2D eigenvalue weighted by atomic mass is 9.77. The summed E-state index contributed by atoms with van der Waals surface area (Å²) in [6.07, 6.45) is 4.97. The number of carbonyl (C=O) groups excluding carboxylic acids is 1. The summed E-state index contributed by atoms with van der Waals surface area (Å²) in [5.74, 6) is -1.89. The Morgan fingerprint density at radius 3 is 2.21 bits per heavy atom. The number of carboxylic acid groups (broad SMARTS) is 1. The number of hydrogen-bond donors (Lipinski definition) is 2. The number of hydrogen-bond acceptors (Lipinski definition) is 2. The second-order valence-corrected chi connectivity index (χ2v) is 6.75. The monoisotopic (exact) mass is 269 g/mol. The third-order valence-electron chi connectivity index (χ3n) is 4.39. The van der Waals surface area contributed by atoms with Gasteiger partial charge in [0.2, 0.25) is 5.91 Å². The van der Waals surface area contributed by atoms with Crippen LogP contribution in [0.15, 0.2) is 0 Å².